The number of sulfonamides is 1. The molecule has 1 aliphatic rings. The van der Waals surface area contributed by atoms with E-state index in [4.69, 9.17) is 0 Å². The van der Waals surface area contributed by atoms with Crippen molar-refractivity contribution >= 4 is 21.8 Å². The Balaban J connectivity index is 2.30. The summed E-state index contributed by atoms with van der Waals surface area (Å²) in [6, 6.07) is 0. The van der Waals surface area contributed by atoms with Crippen LogP contribution < -0.4 is 0 Å². The van der Waals surface area contributed by atoms with Crippen molar-refractivity contribution in [3.8, 4) is 0 Å². The third-order valence-corrected chi connectivity index (χ3v) is 6.79. The van der Waals surface area contributed by atoms with E-state index in [2.05, 4.69) is 11.4 Å². The second-order valence-corrected chi connectivity index (χ2v) is 8.07. The minimum absolute atomic E-state index is 0.407. The molecule has 0 spiro atoms. The topological polar surface area (TPSA) is 55.2 Å². The van der Waals surface area contributed by atoms with Crippen molar-refractivity contribution in [3.05, 3.63) is 11.4 Å². The maximum Gasteiger partial charge on any atom is 0.246 e. The maximum absolute atomic E-state index is 12.8. The molecule has 0 N–H and O–H groups in total. The third-order valence-electron chi connectivity index (χ3n) is 3.86. The van der Waals surface area contributed by atoms with Gasteiger partial charge in [-0.05, 0) is 45.1 Å². The molecule has 2 rings (SSSR count). The van der Waals surface area contributed by atoms with Crippen molar-refractivity contribution in [2.24, 2.45) is 5.92 Å². The highest BCUT2D eigenvalue weighted by molar-refractivity contribution is 7.98. The second kappa shape index (κ2) is 6.07. The van der Waals surface area contributed by atoms with Gasteiger partial charge in [-0.2, -0.15) is 21.2 Å². The molecule has 7 heteroatoms. The molecule has 1 aromatic rings. The van der Waals surface area contributed by atoms with Gasteiger partial charge >= 0.3 is 0 Å². The largest absolute Gasteiger partial charge is 0.268 e. The Bertz CT molecular complexity index is 581. The molecule has 0 radical (unpaired) electrons. The summed E-state index contributed by atoms with van der Waals surface area (Å²) in [4.78, 5) is 0.407. The number of aromatic nitrogens is 2. The average molecular weight is 317 g/mol. The van der Waals surface area contributed by atoms with Gasteiger partial charge < -0.3 is 0 Å². The monoisotopic (exact) mass is 317 g/mol. The van der Waals surface area contributed by atoms with Crippen LogP contribution in [0.15, 0.2) is 4.90 Å². The predicted octanol–water partition coefficient (Wildman–Crippen LogP) is 1.89. The Labute approximate surface area is 125 Å². The number of thioether (sulfide) groups is 1. The van der Waals surface area contributed by atoms with Crippen LogP contribution in [0, 0.1) is 19.8 Å². The Kier molecular flexibility index (Phi) is 4.81. The Hall–Kier alpha value is -0.530. The SMILES string of the molecule is CCn1nc(C)c(S(=O)(=O)N2CCC(CSC)C2)c1C. The molecule has 0 aromatic carbocycles. The molecule has 0 aliphatic carbocycles. The number of hydrogen-bond acceptors (Lipinski definition) is 4. The standard InChI is InChI=1S/C13H23N3O2S2/c1-5-16-11(3)13(10(2)14-16)20(17,18)15-7-6-12(8-15)9-19-4/h12H,5-9H2,1-4H3. The number of aryl methyl sites for hydroxylation is 2. The first kappa shape index (κ1) is 15.9. The van der Waals surface area contributed by atoms with E-state index in [1.54, 1.807) is 27.7 Å². The van der Waals surface area contributed by atoms with E-state index in [0.29, 0.717) is 36.1 Å². The van der Waals surface area contributed by atoms with E-state index < -0.39 is 10.0 Å². The van der Waals surface area contributed by atoms with Crippen LogP contribution in [0.2, 0.25) is 0 Å². The van der Waals surface area contributed by atoms with Gasteiger partial charge in [0.15, 0.2) is 0 Å². The Morgan fingerprint density at radius 3 is 2.65 bits per heavy atom. The van der Waals surface area contributed by atoms with E-state index >= 15 is 0 Å². The van der Waals surface area contributed by atoms with Gasteiger partial charge in [0.05, 0.1) is 11.4 Å². The highest BCUT2D eigenvalue weighted by atomic mass is 32.2. The Morgan fingerprint density at radius 1 is 1.40 bits per heavy atom. The van der Waals surface area contributed by atoms with Crippen LogP contribution in [0.25, 0.3) is 0 Å². The molecule has 5 nitrogen and oxygen atoms in total. The third kappa shape index (κ3) is 2.76. The molecular weight excluding hydrogens is 294 g/mol. The Morgan fingerprint density at radius 2 is 2.10 bits per heavy atom. The van der Waals surface area contributed by atoms with E-state index in [9.17, 15) is 8.42 Å². The normalized spacial score (nSPS) is 20.7. The zero-order chi connectivity index (χ0) is 14.9. The molecule has 1 aromatic heterocycles. The molecule has 114 valence electrons. The smallest absolute Gasteiger partial charge is 0.246 e. The van der Waals surface area contributed by atoms with Crippen LogP contribution in [-0.4, -0.2) is 47.6 Å². The van der Waals surface area contributed by atoms with Gasteiger partial charge in [-0.15, -0.1) is 0 Å². The molecule has 20 heavy (non-hydrogen) atoms. The summed E-state index contributed by atoms with van der Waals surface area (Å²) in [5.74, 6) is 1.50. The minimum Gasteiger partial charge on any atom is -0.268 e. The minimum atomic E-state index is -3.40. The maximum atomic E-state index is 12.8. The van der Waals surface area contributed by atoms with Crippen molar-refractivity contribution in [1.29, 1.82) is 0 Å². The van der Waals surface area contributed by atoms with Gasteiger partial charge in [-0.1, -0.05) is 0 Å². The van der Waals surface area contributed by atoms with Crippen molar-refractivity contribution in [3.63, 3.8) is 0 Å². The zero-order valence-electron chi connectivity index (χ0n) is 12.6. The van der Waals surface area contributed by atoms with Crippen LogP contribution in [0.1, 0.15) is 24.7 Å². The summed E-state index contributed by atoms with van der Waals surface area (Å²) in [7, 11) is -3.40. The van der Waals surface area contributed by atoms with Crippen molar-refractivity contribution < 1.29 is 8.42 Å². The van der Waals surface area contributed by atoms with E-state index in [-0.39, 0.29) is 0 Å². The summed E-state index contributed by atoms with van der Waals surface area (Å²) in [6.07, 6.45) is 3.02. The fourth-order valence-corrected chi connectivity index (χ4v) is 5.53. The van der Waals surface area contributed by atoms with Crippen molar-refractivity contribution in [2.75, 3.05) is 25.1 Å². The lowest BCUT2D eigenvalue weighted by Crippen LogP contribution is -2.30. The van der Waals surface area contributed by atoms with Crippen molar-refractivity contribution in [1.82, 2.24) is 14.1 Å². The second-order valence-electron chi connectivity index (χ2n) is 5.29. The van der Waals surface area contributed by atoms with E-state index in [1.165, 1.54) is 0 Å². The quantitative estimate of drug-likeness (QED) is 0.832. The molecule has 0 saturated carbocycles. The lowest BCUT2D eigenvalue weighted by atomic mass is 10.2. The van der Waals surface area contributed by atoms with Crippen LogP contribution in [0.5, 0.6) is 0 Å². The molecule has 1 unspecified atom stereocenters. The molecular formula is C13H23N3O2S2. The van der Waals surface area contributed by atoms with Crippen molar-refractivity contribution in [2.45, 2.75) is 38.6 Å². The molecule has 0 bridgehead atoms. The predicted molar refractivity (Wildman–Crippen MR) is 82.6 cm³/mol. The number of hydrogen-bond donors (Lipinski definition) is 0. The summed E-state index contributed by atoms with van der Waals surface area (Å²) in [6.45, 7) is 7.55. The fraction of sp³-hybridized carbons (Fsp3) is 0.769. The number of rotatable bonds is 5. The summed E-state index contributed by atoms with van der Waals surface area (Å²) >= 11 is 1.78. The number of nitrogens with zero attached hydrogens (tertiary/aromatic N) is 3. The first-order valence-electron chi connectivity index (χ1n) is 6.94. The van der Waals surface area contributed by atoms with Crippen LogP contribution in [0.4, 0.5) is 0 Å². The highest BCUT2D eigenvalue weighted by Crippen LogP contribution is 2.29. The first-order chi connectivity index (χ1) is 9.41. The van der Waals surface area contributed by atoms with E-state index in [0.717, 1.165) is 17.9 Å². The van der Waals surface area contributed by atoms with Crippen LogP contribution >= 0.6 is 11.8 Å². The lowest BCUT2D eigenvalue weighted by molar-refractivity contribution is 0.464. The molecule has 1 atom stereocenters. The first-order valence-corrected chi connectivity index (χ1v) is 9.78. The lowest BCUT2D eigenvalue weighted by Gasteiger charge is -2.16. The highest BCUT2D eigenvalue weighted by Gasteiger charge is 2.35. The van der Waals surface area contributed by atoms with Gasteiger partial charge in [-0.25, -0.2) is 8.42 Å². The fourth-order valence-electron chi connectivity index (χ4n) is 2.88. The van der Waals surface area contributed by atoms with Gasteiger partial charge in [0, 0.05) is 19.6 Å². The van der Waals surface area contributed by atoms with Gasteiger partial charge in [-0.3, -0.25) is 4.68 Å². The molecule has 1 saturated heterocycles. The van der Waals surface area contributed by atoms with Gasteiger partial charge in [0.25, 0.3) is 0 Å². The van der Waals surface area contributed by atoms with Crippen LogP contribution in [-0.2, 0) is 16.6 Å². The summed E-state index contributed by atoms with van der Waals surface area (Å²) in [5.41, 5.74) is 1.36. The molecule has 1 aliphatic heterocycles. The van der Waals surface area contributed by atoms with Gasteiger partial charge in [0.2, 0.25) is 10.0 Å². The zero-order valence-corrected chi connectivity index (χ0v) is 14.2. The van der Waals surface area contributed by atoms with E-state index in [1.807, 2.05) is 13.8 Å². The molecule has 1 fully saturated rings. The van der Waals surface area contributed by atoms with Gasteiger partial charge in [0.1, 0.15) is 4.90 Å². The molecule has 0 amide bonds. The van der Waals surface area contributed by atoms with Crippen LogP contribution in [0.3, 0.4) is 0 Å². The summed E-state index contributed by atoms with van der Waals surface area (Å²) < 4.78 is 29.0. The molecule has 2 heterocycles. The summed E-state index contributed by atoms with van der Waals surface area (Å²) in [5, 5.41) is 4.33. The average Bonchev–Trinajstić information content (AvgIpc) is 2.95.